The fraction of sp³-hybridized carbons (Fsp3) is 0.800. The molecule has 2 heterocycles. The van der Waals surface area contributed by atoms with Crippen LogP contribution >= 0.6 is 0 Å². The molecular weight excluding hydrogens is 176 g/mol. The molecule has 0 aliphatic carbocycles. The molecule has 1 aromatic rings. The number of nitrogens with zero attached hydrogens (tertiary/aromatic N) is 2. The van der Waals surface area contributed by atoms with Crippen LogP contribution in [0.1, 0.15) is 44.4 Å². The topological polar surface area (TPSA) is 53.6 Å². The highest BCUT2D eigenvalue weighted by Crippen LogP contribution is 2.19. The highest BCUT2D eigenvalue weighted by atomic mass is 15.2. The molecule has 78 valence electrons. The van der Waals surface area contributed by atoms with Crippen LogP contribution in [0.5, 0.6) is 0 Å². The highest BCUT2D eigenvalue weighted by molar-refractivity contribution is 4.99. The van der Waals surface area contributed by atoms with Gasteiger partial charge in [-0.25, -0.2) is 4.98 Å². The number of nitrogens with one attached hydrogen (secondary N) is 2. The van der Waals surface area contributed by atoms with Crippen LogP contribution in [0.3, 0.4) is 0 Å². The lowest BCUT2D eigenvalue weighted by atomic mass is 10.1. The van der Waals surface area contributed by atoms with Crippen LogP contribution in [-0.4, -0.2) is 21.7 Å². The fourth-order valence-corrected chi connectivity index (χ4v) is 1.85. The number of H-pyrrole nitrogens is 1. The van der Waals surface area contributed by atoms with Crippen molar-refractivity contribution in [3.8, 4) is 0 Å². The summed E-state index contributed by atoms with van der Waals surface area (Å²) in [7, 11) is 0. The zero-order valence-electron chi connectivity index (χ0n) is 8.88. The van der Waals surface area contributed by atoms with Gasteiger partial charge in [0.2, 0.25) is 0 Å². The standard InChI is InChI=1S/C10H18N4/c1-7(2)6-9-12-10(14-13-9)8-4-3-5-11-8/h7-8,11H,3-6H2,1-2H3,(H,12,13,14). The lowest BCUT2D eigenvalue weighted by Gasteiger charge is -2.03. The first kappa shape index (κ1) is 9.65. The molecule has 2 rings (SSSR count). The summed E-state index contributed by atoms with van der Waals surface area (Å²) in [5.41, 5.74) is 0. The van der Waals surface area contributed by atoms with Gasteiger partial charge in [0.25, 0.3) is 0 Å². The maximum Gasteiger partial charge on any atom is 0.167 e. The van der Waals surface area contributed by atoms with Crippen molar-refractivity contribution >= 4 is 0 Å². The highest BCUT2D eigenvalue weighted by Gasteiger charge is 2.20. The Labute approximate surface area is 84.5 Å². The van der Waals surface area contributed by atoms with E-state index in [1.165, 1.54) is 12.8 Å². The second-order valence-electron chi connectivity index (χ2n) is 4.39. The monoisotopic (exact) mass is 194 g/mol. The molecule has 1 aliphatic rings. The van der Waals surface area contributed by atoms with Gasteiger partial charge >= 0.3 is 0 Å². The molecule has 2 N–H and O–H groups in total. The van der Waals surface area contributed by atoms with E-state index >= 15 is 0 Å². The summed E-state index contributed by atoms with van der Waals surface area (Å²) in [5.74, 6) is 2.59. The molecule has 1 aliphatic heterocycles. The van der Waals surface area contributed by atoms with Crippen LogP contribution in [0, 0.1) is 5.92 Å². The van der Waals surface area contributed by atoms with E-state index in [1.54, 1.807) is 0 Å². The van der Waals surface area contributed by atoms with Gasteiger partial charge in [0.05, 0.1) is 6.04 Å². The summed E-state index contributed by atoms with van der Waals surface area (Å²) in [6.45, 7) is 5.48. The van der Waals surface area contributed by atoms with Crippen molar-refractivity contribution in [1.29, 1.82) is 0 Å². The number of aromatic nitrogens is 3. The molecule has 0 amide bonds. The normalized spacial score (nSPS) is 22.1. The second-order valence-corrected chi connectivity index (χ2v) is 4.39. The lowest BCUT2D eigenvalue weighted by Crippen LogP contribution is -2.14. The van der Waals surface area contributed by atoms with Gasteiger partial charge in [-0.15, -0.1) is 0 Å². The van der Waals surface area contributed by atoms with Gasteiger partial charge in [0.15, 0.2) is 5.82 Å². The zero-order valence-corrected chi connectivity index (χ0v) is 8.88. The van der Waals surface area contributed by atoms with Crippen LogP contribution in [0.2, 0.25) is 0 Å². The summed E-state index contributed by atoms with van der Waals surface area (Å²) in [6, 6.07) is 0.382. The van der Waals surface area contributed by atoms with Crippen LogP contribution in [0.25, 0.3) is 0 Å². The Morgan fingerprint density at radius 3 is 3.00 bits per heavy atom. The van der Waals surface area contributed by atoms with Gasteiger partial charge < -0.3 is 5.32 Å². The molecule has 0 radical (unpaired) electrons. The van der Waals surface area contributed by atoms with Gasteiger partial charge in [-0.3, -0.25) is 5.10 Å². The summed E-state index contributed by atoms with van der Waals surface area (Å²) < 4.78 is 0. The van der Waals surface area contributed by atoms with Gasteiger partial charge in [0, 0.05) is 6.42 Å². The molecule has 4 nitrogen and oxygen atoms in total. The largest absolute Gasteiger partial charge is 0.307 e. The summed E-state index contributed by atoms with van der Waals surface area (Å²) in [5, 5.41) is 10.7. The maximum absolute atomic E-state index is 4.50. The summed E-state index contributed by atoms with van der Waals surface area (Å²) in [6.07, 6.45) is 3.39. The minimum Gasteiger partial charge on any atom is -0.307 e. The Morgan fingerprint density at radius 1 is 1.50 bits per heavy atom. The van der Waals surface area contributed by atoms with E-state index in [2.05, 4.69) is 34.3 Å². The average Bonchev–Trinajstić information content (AvgIpc) is 2.69. The SMILES string of the molecule is CC(C)Cc1nc(C2CCCN2)n[nH]1. The number of rotatable bonds is 3. The van der Waals surface area contributed by atoms with E-state index in [9.17, 15) is 0 Å². The van der Waals surface area contributed by atoms with Crippen molar-refractivity contribution in [2.75, 3.05) is 6.54 Å². The van der Waals surface area contributed by atoms with E-state index in [0.29, 0.717) is 12.0 Å². The van der Waals surface area contributed by atoms with Gasteiger partial charge in [-0.05, 0) is 25.3 Å². The first-order valence-electron chi connectivity index (χ1n) is 5.40. The van der Waals surface area contributed by atoms with Crippen molar-refractivity contribution in [3.63, 3.8) is 0 Å². The third kappa shape index (κ3) is 2.12. The smallest absolute Gasteiger partial charge is 0.167 e. The molecule has 1 unspecified atom stereocenters. The second kappa shape index (κ2) is 4.09. The Bertz CT molecular complexity index is 286. The summed E-state index contributed by atoms with van der Waals surface area (Å²) in [4.78, 5) is 4.50. The molecule has 1 aromatic heterocycles. The van der Waals surface area contributed by atoms with Crippen molar-refractivity contribution in [1.82, 2.24) is 20.5 Å². The van der Waals surface area contributed by atoms with Crippen molar-refractivity contribution in [2.24, 2.45) is 5.92 Å². The number of hydrogen-bond donors (Lipinski definition) is 2. The van der Waals surface area contributed by atoms with Gasteiger partial charge in [0.1, 0.15) is 5.82 Å². The van der Waals surface area contributed by atoms with E-state index in [4.69, 9.17) is 0 Å². The van der Waals surface area contributed by atoms with Gasteiger partial charge in [-0.1, -0.05) is 13.8 Å². The predicted octanol–water partition coefficient (Wildman–Crippen LogP) is 1.43. The molecule has 14 heavy (non-hydrogen) atoms. The molecular formula is C10H18N4. The Hall–Kier alpha value is -0.900. The van der Waals surface area contributed by atoms with E-state index in [0.717, 1.165) is 24.6 Å². The van der Waals surface area contributed by atoms with Crippen LogP contribution in [-0.2, 0) is 6.42 Å². The Kier molecular flexibility index (Phi) is 2.82. The molecule has 4 heteroatoms. The van der Waals surface area contributed by atoms with E-state index < -0.39 is 0 Å². The molecule has 0 saturated carbocycles. The van der Waals surface area contributed by atoms with Crippen LogP contribution in [0.15, 0.2) is 0 Å². The Balaban J connectivity index is 2.01. The lowest BCUT2D eigenvalue weighted by molar-refractivity contribution is 0.602. The molecule has 0 aromatic carbocycles. The van der Waals surface area contributed by atoms with Crippen molar-refractivity contribution < 1.29 is 0 Å². The molecule has 0 bridgehead atoms. The molecule has 1 saturated heterocycles. The van der Waals surface area contributed by atoms with Crippen molar-refractivity contribution in [3.05, 3.63) is 11.6 Å². The molecule has 1 fully saturated rings. The van der Waals surface area contributed by atoms with Gasteiger partial charge in [-0.2, -0.15) is 5.10 Å². The van der Waals surface area contributed by atoms with E-state index in [1.807, 2.05) is 0 Å². The third-order valence-electron chi connectivity index (χ3n) is 2.52. The molecule has 1 atom stereocenters. The minimum atomic E-state index is 0.382. The first-order chi connectivity index (χ1) is 6.75. The van der Waals surface area contributed by atoms with Crippen molar-refractivity contribution in [2.45, 2.75) is 39.2 Å². The minimum absolute atomic E-state index is 0.382. The third-order valence-corrected chi connectivity index (χ3v) is 2.52. The number of hydrogen-bond acceptors (Lipinski definition) is 3. The maximum atomic E-state index is 4.50. The van der Waals surface area contributed by atoms with Crippen LogP contribution < -0.4 is 5.32 Å². The first-order valence-corrected chi connectivity index (χ1v) is 5.40. The van der Waals surface area contributed by atoms with Crippen LogP contribution in [0.4, 0.5) is 0 Å². The Morgan fingerprint density at radius 2 is 2.36 bits per heavy atom. The molecule has 0 spiro atoms. The summed E-state index contributed by atoms with van der Waals surface area (Å²) >= 11 is 0. The fourth-order valence-electron chi connectivity index (χ4n) is 1.85. The zero-order chi connectivity index (χ0) is 9.97. The predicted molar refractivity (Wildman–Crippen MR) is 54.9 cm³/mol. The number of aromatic amines is 1. The average molecular weight is 194 g/mol. The quantitative estimate of drug-likeness (QED) is 0.765. The van der Waals surface area contributed by atoms with E-state index in [-0.39, 0.29) is 0 Å².